The summed E-state index contributed by atoms with van der Waals surface area (Å²) >= 11 is 6.74. The lowest BCUT2D eigenvalue weighted by Crippen LogP contribution is -2.54. The molecule has 0 amide bonds. The van der Waals surface area contributed by atoms with E-state index < -0.39 is 20.3 Å². The topological polar surface area (TPSA) is 63.7 Å². The molecule has 4 aliphatic carbocycles. The first-order chi connectivity index (χ1) is 15.6. The van der Waals surface area contributed by atoms with Crippen molar-refractivity contribution in [3.63, 3.8) is 0 Å². The summed E-state index contributed by atoms with van der Waals surface area (Å²) in [6, 6.07) is 0.289. The first-order valence-corrected chi connectivity index (χ1v) is 16.7. The molecule has 4 saturated carbocycles. The van der Waals surface area contributed by atoms with E-state index in [4.69, 9.17) is 4.74 Å². The minimum atomic E-state index is -3.49. The van der Waals surface area contributed by atoms with Crippen LogP contribution in [0.2, 0.25) is 0 Å². The van der Waals surface area contributed by atoms with Gasteiger partial charge in [0.2, 0.25) is 10.0 Å². The molecule has 0 aromatic rings. The molecule has 1 unspecified atom stereocenters. The average molecular weight is 611 g/mol. The molecule has 8 heteroatoms. The highest BCUT2D eigenvalue weighted by Crippen LogP contribution is 2.67. The molecule has 0 saturated heterocycles. The number of ether oxygens (including phenoxy) is 1. The Morgan fingerprint density at radius 3 is 2.03 bits per heavy atom. The highest BCUT2D eigenvalue weighted by atomic mass is 79.9. The van der Waals surface area contributed by atoms with Crippen LogP contribution in [0.25, 0.3) is 0 Å². The second-order valence-corrected chi connectivity index (χ2v) is 15.2. The largest absolute Gasteiger partial charge is 0.461 e. The van der Waals surface area contributed by atoms with Gasteiger partial charge in [-0.2, -0.15) is 4.31 Å². The van der Waals surface area contributed by atoms with E-state index in [0.717, 1.165) is 70.6 Å². The Bertz CT molecular complexity index is 789. The number of rotatable bonds is 8. The van der Waals surface area contributed by atoms with E-state index in [2.05, 4.69) is 45.7 Å². The Kier molecular flexibility index (Phi) is 8.30. The van der Waals surface area contributed by atoms with Gasteiger partial charge in [-0.3, -0.25) is 4.79 Å². The molecule has 4 rings (SSSR count). The molecule has 0 aliphatic heterocycles. The van der Waals surface area contributed by atoms with Gasteiger partial charge in [0, 0.05) is 22.8 Å². The van der Waals surface area contributed by atoms with Crippen LogP contribution in [0.5, 0.6) is 0 Å². The van der Waals surface area contributed by atoms with Crippen LogP contribution in [-0.4, -0.2) is 52.8 Å². The molecule has 0 spiro atoms. The van der Waals surface area contributed by atoms with Gasteiger partial charge >= 0.3 is 5.97 Å². The van der Waals surface area contributed by atoms with Gasteiger partial charge in [0.05, 0.1) is 5.75 Å². The third kappa shape index (κ3) is 4.98. The van der Waals surface area contributed by atoms with Crippen molar-refractivity contribution in [1.82, 2.24) is 4.31 Å². The summed E-state index contributed by atoms with van der Waals surface area (Å²) in [5.74, 6) is 0.241. The Morgan fingerprint density at radius 2 is 1.55 bits per heavy atom. The van der Waals surface area contributed by atoms with Crippen LogP contribution in [-0.2, 0) is 19.6 Å². The number of nitrogens with zero attached hydrogens (tertiary/aromatic N) is 1. The summed E-state index contributed by atoms with van der Waals surface area (Å²) in [5, 5.41) is 0.480. The molecule has 33 heavy (non-hydrogen) atoms. The van der Waals surface area contributed by atoms with Crippen molar-refractivity contribution in [2.45, 2.75) is 120 Å². The molecular formula is C25H41Br2NO4S. The molecule has 0 radical (unpaired) electrons. The number of carbonyl (C=O) groups is 1. The molecule has 2 bridgehead atoms. The van der Waals surface area contributed by atoms with Gasteiger partial charge in [-0.1, -0.05) is 84.2 Å². The molecule has 4 aliphatic rings. The zero-order valence-electron chi connectivity index (χ0n) is 20.2. The maximum absolute atomic E-state index is 14.3. The molecule has 4 fully saturated rings. The number of esters is 1. The van der Waals surface area contributed by atoms with Crippen molar-refractivity contribution >= 4 is 47.9 Å². The number of hydrogen-bond acceptors (Lipinski definition) is 4. The molecular weight excluding hydrogens is 570 g/mol. The van der Waals surface area contributed by atoms with Crippen molar-refractivity contribution in [2.24, 2.45) is 16.7 Å². The number of alkyl halides is 2. The predicted molar refractivity (Wildman–Crippen MR) is 139 cm³/mol. The molecule has 0 aromatic heterocycles. The first-order valence-electron chi connectivity index (χ1n) is 13.0. The van der Waals surface area contributed by atoms with E-state index in [1.165, 1.54) is 12.8 Å². The van der Waals surface area contributed by atoms with E-state index in [9.17, 15) is 13.2 Å². The fourth-order valence-electron chi connectivity index (χ4n) is 7.61. The second kappa shape index (κ2) is 10.4. The van der Waals surface area contributed by atoms with E-state index in [1.807, 2.05) is 4.31 Å². The maximum atomic E-state index is 14.3. The Morgan fingerprint density at radius 1 is 1.00 bits per heavy atom. The van der Waals surface area contributed by atoms with Crippen LogP contribution >= 0.6 is 31.9 Å². The maximum Gasteiger partial charge on any atom is 0.320 e. The van der Waals surface area contributed by atoms with Gasteiger partial charge in [-0.25, -0.2) is 8.42 Å². The monoisotopic (exact) mass is 609 g/mol. The molecule has 0 heterocycles. The fourth-order valence-corrected chi connectivity index (χ4v) is 10.8. The highest BCUT2D eigenvalue weighted by molar-refractivity contribution is 9.12. The SMILES string of the molecule is CC1(C)[C@@H]2CC[C@@]1(CS(=O)(=O)N(C1CCCCC1)C1CCCCC1)[C@H](OC(=O)C(Br)CBr)C2. The summed E-state index contributed by atoms with van der Waals surface area (Å²) in [5.41, 5.74) is -0.668. The lowest BCUT2D eigenvalue weighted by molar-refractivity contribution is -0.155. The average Bonchev–Trinajstić information content (AvgIpc) is 3.14. The van der Waals surface area contributed by atoms with E-state index in [-0.39, 0.29) is 35.3 Å². The number of carbonyl (C=O) groups excluding carboxylic acids is 1. The third-order valence-corrected chi connectivity index (χ3v) is 14.0. The van der Waals surface area contributed by atoms with Gasteiger partial charge in [0.25, 0.3) is 0 Å². The Balaban J connectivity index is 1.64. The molecule has 5 nitrogen and oxygen atoms in total. The quantitative estimate of drug-likeness (QED) is 0.243. The normalized spacial score (nSPS) is 34.0. The number of sulfonamides is 1. The number of hydrogen-bond donors (Lipinski definition) is 0. The third-order valence-electron chi connectivity index (χ3n) is 9.64. The van der Waals surface area contributed by atoms with Crippen molar-refractivity contribution in [1.29, 1.82) is 0 Å². The van der Waals surface area contributed by atoms with Gasteiger partial charge in [-0.05, 0) is 56.3 Å². The lowest BCUT2D eigenvalue weighted by atomic mass is 9.69. The molecule has 4 atom stereocenters. The number of halogens is 2. The lowest BCUT2D eigenvalue weighted by Gasteiger charge is -2.46. The summed E-state index contributed by atoms with van der Waals surface area (Å²) in [4.78, 5) is 12.3. The summed E-state index contributed by atoms with van der Waals surface area (Å²) in [6.45, 7) is 4.44. The van der Waals surface area contributed by atoms with E-state index in [1.54, 1.807) is 0 Å². The van der Waals surface area contributed by atoms with Crippen LogP contribution in [0.1, 0.15) is 97.3 Å². The van der Waals surface area contributed by atoms with E-state index in [0.29, 0.717) is 11.2 Å². The van der Waals surface area contributed by atoms with Crippen molar-refractivity contribution in [3.05, 3.63) is 0 Å². The standard InChI is InChI=1S/C25H41Br2NO4S/c1-24(2)18-13-14-25(24,22(15-18)32-23(29)21(27)16-26)17-33(30,31)28(19-9-5-3-6-10-19)20-11-7-4-8-12-20/h18-22H,3-17H2,1-2H3/t18-,21?,22-,25-/m1/s1. The molecule has 0 N–H and O–H groups in total. The van der Waals surface area contributed by atoms with Gasteiger partial charge in [-0.15, -0.1) is 0 Å². The van der Waals surface area contributed by atoms with Crippen LogP contribution in [0.4, 0.5) is 0 Å². The van der Waals surface area contributed by atoms with Crippen molar-refractivity contribution in [3.8, 4) is 0 Å². The molecule has 190 valence electrons. The van der Waals surface area contributed by atoms with E-state index >= 15 is 0 Å². The first kappa shape index (κ1) is 26.4. The zero-order valence-corrected chi connectivity index (χ0v) is 24.2. The summed E-state index contributed by atoms with van der Waals surface area (Å²) < 4.78 is 36.7. The van der Waals surface area contributed by atoms with Crippen molar-refractivity contribution in [2.75, 3.05) is 11.1 Å². The van der Waals surface area contributed by atoms with Crippen LogP contribution in [0.15, 0.2) is 0 Å². The highest BCUT2D eigenvalue weighted by Gasteiger charge is 2.67. The summed E-state index contributed by atoms with van der Waals surface area (Å²) in [7, 11) is -3.49. The van der Waals surface area contributed by atoms with Gasteiger partial charge in [0.15, 0.2) is 0 Å². The van der Waals surface area contributed by atoms with Crippen molar-refractivity contribution < 1.29 is 17.9 Å². The Labute approximate surface area is 217 Å². The second-order valence-electron chi connectivity index (χ2n) is 11.6. The van der Waals surface area contributed by atoms with Crippen LogP contribution in [0, 0.1) is 16.7 Å². The number of fused-ring (bicyclic) bond motifs is 2. The predicted octanol–water partition coefficient (Wildman–Crippen LogP) is 6.18. The minimum absolute atomic E-state index is 0.121. The van der Waals surface area contributed by atoms with Crippen LogP contribution in [0.3, 0.4) is 0 Å². The minimum Gasteiger partial charge on any atom is -0.461 e. The van der Waals surface area contributed by atoms with Crippen LogP contribution < -0.4 is 0 Å². The summed E-state index contributed by atoms with van der Waals surface area (Å²) in [6.07, 6.45) is 13.2. The van der Waals surface area contributed by atoms with Gasteiger partial charge in [0.1, 0.15) is 10.9 Å². The fraction of sp³-hybridized carbons (Fsp3) is 0.960. The smallest absolute Gasteiger partial charge is 0.320 e. The molecule has 0 aromatic carbocycles. The van der Waals surface area contributed by atoms with Gasteiger partial charge < -0.3 is 4.74 Å². The Hall–Kier alpha value is 0.340. The zero-order chi connectivity index (χ0) is 23.9.